The molecule has 0 saturated carbocycles. The van der Waals surface area contributed by atoms with Gasteiger partial charge in [-0.1, -0.05) is 41.9 Å². The Hall–Kier alpha value is -3.24. The van der Waals surface area contributed by atoms with E-state index in [0.29, 0.717) is 34.1 Å². The van der Waals surface area contributed by atoms with Crippen molar-refractivity contribution in [3.05, 3.63) is 98.9 Å². The van der Waals surface area contributed by atoms with Crippen LogP contribution in [0.1, 0.15) is 16.7 Å². The van der Waals surface area contributed by atoms with Gasteiger partial charge < -0.3 is 13.9 Å². The van der Waals surface area contributed by atoms with Crippen LogP contribution in [0.25, 0.3) is 11.0 Å². The van der Waals surface area contributed by atoms with Gasteiger partial charge in [0.15, 0.2) is 0 Å². The largest absolute Gasteiger partial charge is 0.489 e. The summed E-state index contributed by atoms with van der Waals surface area (Å²) in [6, 6.07) is 18.6. The van der Waals surface area contributed by atoms with Crippen molar-refractivity contribution in [2.45, 2.75) is 20.5 Å². The van der Waals surface area contributed by atoms with Gasteiger partial charge in [0.2, 0.25) is 11.2 Å². The fourth-order valence-electron chi connectivity index (χ4n) is 3.08. The Morgan fingerprint density at radius 3 is 2.38 bits per heavy atom. The molecule has 0 aliphatic rings. The molecule has 1 heterocycles. The van der Waals surface area contributed by atoms with Crippen molar-refractivity contribution in [3.63, 3.8) is 0 Å². The lowest BCUT2D eigenvalue weighted by Crippen LogP contribution is -2.05. The van der Waals surface area contributed by atoms with Gasteiger partial charge in [0.25, 0.3) is 0 Å². The molecule has 0 N–H and O–H groups in total. The average Bonchev–Trinajstić information content (AvgIpc) is 2.73. The van der Waals surface area contributed by atoms with E-state index in [1.165, 1.54) is 6.26 Å². The molecule has 0 spiro atoms. The third-order valence-corrected chi connectivity index (χ3v) is 5.20. The molecule has 1 aromatic heterocycles. The van der Waals surface area contributed by atoms with E-state index in [4.69, 9.17) is 25.5 Å². The molecule has 4 rings (SSSR count). The fraction of sp³-hybridized carbons (Fsp3) is 0.125. The second-order valence-electron chi connectivity index (χ2n) is 6.83. The summed E-state index contributed by atoms with van der Waals surface area (Å²) < 4.78 is 17.2. The van der Waals surface area contributed by atoms with Gasteiger partial charge in [-0.3, -0.25) is 4.79 Å². The van der Waals surface area contributed by atoms with Crippen LogP contribution in [0, 0.1) is 13.8 Å². The quantitative estimate of drug-likeness (QED) is 0.383. The van der Waals surface area contributed by atoms with Crippen LogP contribution in [-0.4, -0.2) is 0 Å². The molecule has 146 valence electrons. The lowest BCUT2D eigenvalue weighted by atomic mass is 10.1. The first-order valence-electron chi connectivity index (χ1n) is 9.18. The molecule has 29 heavy (non-hydrogen) atoms. The summed E-state index contributed by atoms with van der Waals surface area (Å²) in [4.78, 5) is 12.8. The van der Waals surface area contributed by atoms with E-state index >= 15 is 0 Å². The maximum absolute atomic E-state index is 12.8. The van der Waals surface area contributed by atoms with E-state index in [2.05, 4.69) is 0 Å². The molecule has 0 radical (unpaired) electrons. The van der Waals surface area contributed by atoms with E-state index in [9.17, 15) is 4.79 Å². The van der Waals surface area contributed by atoms with E-state index < -0.39 is 0 Å². The first-order valence-corrected chi connectivity index (χ1v) is 9.56. The van der Waals surface area contributed by atoms with Gasteiger partial charge in [0, 0.05) is 11.1 Å². The van der Waals surface area contributed by atoms with Crippen LogP contribution in [0.4, 0.5) is 0 Å². The third-order valence-electron chi connectivity index (χ3n) is 4.60. The van der Waals surface area contributed by atoms with Crippen molar-refractivity contribution >= 4 is 22.6 Å². The lowest BCUT2D eigenvalue weighted by Gasteiger charge is -2.10. The highest BCUT2D eigenvalue weighted by Crippen LogP contribution is 2.29. The number of aryl methyl sites for hydroxylation is 2. The normalized spacial score (nSPS) is 10.9. The maximum atomic E-state index is 12.8. The third kappa shape index (κ3) is 4.13. The van der Waals surface area contributed by atoms with Crippen LogP contribution >= 0.6 is 11.6 Å². The van der Waals surface area contributed by atoms with Crippen molar-refractivity contribution in [1.29, 1.82) is 0 Å². The van der Waals surface area contributed by atoms with Crippen molar-refractivity contribution in [2.24, 2.45) is 0 Å². The highest BCUT2D eigenvalue weighted by Gasteiger charge is 2.12. The molecule has 0 atom stereocenters. The Kier molecular flexibility index (Phi) is 5.28. The number of rotatable bonds is 5. The number of hydrogen-bond donors (Lipinski definition) is 0. The van der Waals surface area contributed by atoms with Crippen LogP contribution in [0.15, 0.2) is 76.1 Å². The molecule has 0 bridgehead atoms. The molecule has 0 fully saturated rings. The summed E-state index contributed by atoms with van der Waals surface area (Å²) in [5.74, 6) is 1.29. The minimum atomic E-state index is -0.244. The van der Waals surface area contributed by atoms with Crippen molar-refractivity contribution < 1.29 is 13.9 Å². The topological polar surface area (TPSA) is 48.7 Å². The molecule has 5 heteroatoms. The Balaban J connectivity index is 1.58. The lowest BCUT2D eigenvalue weighted by molar-refractivity contribution is 0.306. The van der Waals surface area contributed by atoms with E-state index in [-0.39, 0.29) is 11.2 Å². The summed E-state index contributed by atoms with van der Waals surface area (Å²) in [6.45, 7) is 4.22. The molecule has 0 amide bonds. The summed E-state index contributed by atoms with van der Waals surface area (Å²) in [6.07, 6.45) is 1.32. The molecule has 0 aliphatic heterocycles. The molecule has 0 unspecified atom stereocenters. The first-order chi connectivity index (χ1) is 14.0. The maximum Gasteiger partial charge on any atom is 0.235 e. The zero-order valence-electron chi connectivity index (χ0n) is 16.1. The monoisotopic (exact) mass is 406 g/mol. The minimum Gasteiger partial charge on any atom is -0.489 e. The molecule has 4 aromatic rings. The van der Waals surface area contributed by atoms with Crippen molar-refractivity contribution in [3.8, 4) is 17.2 Å². The van der Waals surface area contributed by atoms with Gasteiger partial charge in [-0.15, -0.1) is 0 Å². The minimum absolute atomic E-state index is 0.122. The molecule has 0 saturated heterocycles. The Morgan fingerprint density at radius 1 is 0.931 bits per heavy atom. The number of hydrogen-bond acceptors (Lipinski definition) is 4. The van der Waals surface area contributed by atoms with E-state index in [1.54, 1.807) is 30.3 Å². The summed E-state index contributed by atoms with van der Waals surface area (Å²) in [5.41, 5.74) is 3.02. The number of halogens is 1. The van der Waals surface area contributed by atoms with Gasteiger partial charge >= 0.3 is 0 Å². The molecular formula is C24H19ClO4. The second-order valence-corrected chi connectivity index (χ2v) is 7.21. The van der Waals surface area contributed by atoms with Gasteiger partial charge in [0.05, 0.1) is 5.39 Å². The fourth-order valence-corrected chi connectivity index (χ4v) is 3.19. The Labute approximate surface area is 173 Å². The van der Waals surface area contributed by atoms with Crippen molar-refractivity contribution in [1.82, 2.24) is 0 Å². The van der Waals surface area contributed by atoms with Gasteiger partial charge in [-0.2, -0.15) is 0 Å². The Bertz CT molecular complexity index is 1210. The summed E-state index contributed by atoms with van der Waals surface area (Å²) in [5, 5.41) is 1.11. The molecule has 3 aromatic carbocycles. The van der Waals surface area contributed by atoms with Gasteiger partial charge in [-0.25, -0.2) is 0 Å². The smallest absolute Gasteiger partial charge is 0.235 e. The van der Waals surface area contributed by atoms with E-state index in [0.717, 1.165) is 16.7 Å². The predicted octanol–water partition coefficient (Wildman–Crippen LogP) is 6.43. The zero-order chi connectivity index (χ0) is 20.4. The standard InChI is InChI=1S/C24H19ClO4/c1-15-10-19(11-16(2)23(15)25)29-22-14-28-21-12-18(8-9-20(21)24(22)26)27-13-17-6-4-3-5-7-17/h3-12,14H,13H2,1-2H3. The number of ether oxygens (including phenoxy) is 2. The molecule has 0 aliphatic carbocycles. The highest BCUT2D eigenvalue weighted by atomic mass is 35.5. The van der Waals surface area contributed by atoms with Crippen LogP contribution in [0.3, 0.4) is 0 Å². The second kappa shape index (κ2) is 8.02. The van der Waals surface area contributed by atoms with Crippen molar-refractivity contribution in [2.75, 3.05) is 0 Å². The average molecular weight is 407 g/mol. The Morgan fingerprint density at radius 2 is 1.66 bits per heavy atom. The van der Waals surface area contributed by atoms with Crippen LogP contribution in [0.2, 0.25) is 5.02 Å². The van der Waals surface area contributed by atoms with Crippen LogP contribution in [0.5, 0.6) is 17.2 Å². The molecular weight excluding hydrogens is 388 g/mol. The molecule has 4 nitrogen and oxygen atoms in total. The summed E-state index contributed by atoms with van der Waals surface area (Å²) >= 11 is 6.19. The van der Waals surface area contributed by atoms with Crippen LogP contribution < -0.4 is 14.9 Å². The van der Waals surface area contributed by atoms with Gasteiger partial charge in [0.1, 0.15) is 30.0 Å². The first kappa shape index (κ1) is 19.1. The predicted molar refractivity (Wildman–Crippen MR) is 114 cm³/mol. The van der Waals surface area contributed by atoms with Gasteiger partial charge in [-0.05, 0) is 54.8 Å². The zero-order valence-corrected chi connectivity index (χ0v) is 16.8. The SMILES string of the molecule is Cc1cc(Oc2coc3cc(OCc4ccccc4)ccc3c2=O)cc(C)c1Cl. The van der Waals surface area contributed by atoms with E-state index in [1.807, 2.05) is 44.2 Å². The number of benzene rings is 3. The highest BCUT2D eigenvalue weighted by molar-refractivity contribution is 6.32. The van der Waals surface area contributed by atoms with Crippen LogP contribution in [-0.2, 0) is 6.61 Å². The summed E-state index contributed by atoms with van der Waals surface area (Å²) in [7, 11) is 0. The number of fused-ring (bicyclic) bond motifs is 1.